The van der Waals surface area contributed by atoms with Gasteiger partial charge in [-0.1, -0.05) is 30.7 Å². The molecule has 3 aliphatic carbocycles. The van der Waals surface area contributed by atoms with Gasteiger partial charge in [0.05, 0.1) is 11.3 Å². The summed E-state index contributed by atoms with van der Waals surface area (Å²) in [4.78, 5) is 27.6. The summed E-state index contributed by atoms with van der Waals surface area (Å²) >= 11 is 12.0. The van der Waals surface area contributed by atoms with Crippen LogP contribution in [0.1, 0.15) is 75.6 Å². The second kappa shape index (κ2) is 10.8. The summed E-state index contributed by atoms with van der Waals surface area (Å²) in [7, 11) is 0. The Kier molecular flexibility index (Phi) is 7.85. The van der Waals surface area contributed by atoms with Crippen molar-refractivity contribution in [3.05, 3.63) is 41.5 Å². The first-order chi connectivity index (χ1) is 17.8. The SMILES string of the molecule is C[C@]12CC[C@H](OC(=O)c3ccccc3N(CCCl)CCCl)CC1=CC[C@@H]1[C@@H]2CC[C@]2(C)NC(=O)CC[C@@H]12. The number of piperidine rings is 1. The lowest BCUT2D eigenvalue weighted by Gasteiger charge is -2.59. The summed E-state index contributed by atoms with van der Waals surface area (Å²) < 4.78 is 6.15. The highest BCUT2D eigenvalue weighted by Gasteiger charge is 2.56. The number of rotatable bonds is 7. The van der Waals surface area contributed by atoms with Crippen LogP contribution in [0.2, 0.25) is 0 Å². The summed E-state index contributed by atoms with van der Waals surface area (Å²) in [6.07, 6.45) is 10.0. The average Bonchev–Trinajstić information content (AvgIpc) is 2.88. The molecule has 202 valence electrons. The van der Waals surface area contributed by atoms with Crippen molar-refractivity contribution in [1.29, 1.82) is 0 Å². The third-order valence-electron chi connectivity index (χ3n) is 10.0. The van der Waals surface area contributed by atoms with Crippen LogP contribution >= 0.6 is 23.2 Å². The van der Waals surface area contributed by atoms with E-state index in [0.29, 0.717) is 54.6 Å². The lowest BCUT2D eigenvalue weighted by atomic mass is 9.48. The summed E-state index contributed by atoms with van der Waals surface area (Å²) in [5.41, 5.74) is 2.98. The Morgan fingerprint density at radius 3 is 2.59 bits per heavy atom. The minimum absolute atomic E-state index is 0.0564. The van der Waals surface area contributed by atoms with Crippen molar-refractivity contribution in [3.8, 4) is 0 Å². The van der Waals surface area contributed by atoms with Crippen LogP contribution in [-0.4, -0.2) is 48.4 Å². The number of benzene rings is 1. The van der Waals surface area contributed by atoms with Gasteiger partial charge < -0.3 is 15.0 Å². The number of alkyl halides is 2. The van der Waals surface area contributed by atoms with Crippen molar-refractivity contribution in [2.24, 2.45) is 23.2 Å². The number of para-hydroxylation sites is 1. The average molecular weight is 548 g/mol. The number of anilines is 1. The van der Waals surface area contributed by atoms with Gasteiger partial charge in [-0.3, -0.25) is 4.79 Å². The van der Waals surface area contributed by atoms with Crippen molar-refractivity contribution in [3.63, 3.8) is 0 Å². The van der Waals surface area contributed by atoms with Gasteiger partial charge in [-0.15, -0.1) is 23.2 Å². The van der Waals surface area contributed by atoms with E-state index in [2.05, 4.69) is 30.1 Å². The van der Waals surface area contributed by atoms with E-state index in [1.807, 2.05) is 24.3 Å². The first-order valence-electron chi connectivity index (χ1n) is 14.0. The molecular weight excluding hydrogens is 507 g/mol. The number of nitrogens with zero attached hydrogens (tertiary/aromatic N) is 1. The van der Waals surface area contributed by atoms with Crippen LogP contribution in [0, 0.1) is 23.2 Å². The van der Waals surface area contributed by atoms with Gasteiger partial charge in [0.25, 0.3) is 0 Å². The minimum atomic E-state index is -0.265. The quantitative estimate of drug-likeness (QED) is 0.246. The molecule has 0 spiro atoms. The van der Waals surface area contributed by atoms with Crippen LogP contribution in [-0.2, 0) is 9.53 Å². The molecule has 5 nitrogen and oxygen atoms in total. The lowest BCUT2D eigenvalue weighted by Crippen LogP contribution is -2.62. The Hall–Kier alpha value is -1.72. The summed E-state index contributed by atoms with van der Waals surface area (Å²) in [6.45, 7) is 5.96. The molecule has 1 heterocycles. The number of allylic oxidation sites excluding steroid dienone is 1. The molecule has 1 N–H and O–H groups in total. The molecular formula is C30H40Cl2N2O3. The van der Waals surface area contributed by atoms with Crippen molar-refractivity contribution >= 4 is 40.8 Å². The summed E-state index contributed by atoms with van der Waals surface area (Å²) in [6, 6.07) is 7.60. The molecule has 5 rings (SSSR count). The third kappa shape index (κ3) is 5.03. The number of fused-ring (bicyclic) bond motifs is 5. The lowest BCUT2D eigenvalue weighted by molar-refractivity contribution is -0.131. The molecule has 3 fully saturated rings. The predicted molar refractivity (Wildman–Crippen MR) is 149 cm³/mol. The highest BCUT2D eigenvalue weighted by atomic mass is 35.5. The molecule has 1 aromatic rings. The van der Waals surface area contributed by atoms with E-state index in [9.17, 15) is 9.59 Å². The second-order valence-electron chi connectivity index (χ2n) is 12.0. The van der Waals surface area contributed by atoms with Crippen molar-refractivity contribution < 1.29 is 14.3 Å². The molecule has 4 aliphatic rings. The van der Waals surface area contributed by atoms with Crippen LogP contribution in [0.3, 0.4) is 0 Å². The molecule has 2 saturated carbocycles. The largest absolute Gasteiger partial charge is 0.458 e. The van der Waals surface area contributed by atoms with Crippen molar-refractivity contribution in [2.75, 3.05) is 29.7 Å². The first kappa shape index (κ1) is 26.9. The fourth-order valence-corrected chi connectivity index (χ4v) is 8.51. The van der Waals surface area contributed by atoms with Gasteiger partial charge in [-0.25, -0.2) is 4.79 Å². The zero-order chi connectivity index (χ0) is 26.2. The Morgan fingerprint density at radius 1 is 1.08 bits per heavy atom. The number of hydrogen-bond acceptors (Lipinski definition) is 4. The van der Waals surface area contributed by atoms with Gasteiger partial charge >= 0.3 is 5.97 Å². The van der Waals surface area contributed by atoms with Gasteiger partial charge in [0, 0.05) is 43.2 Å². The Labute approximate surface area is 231 Å². The smallest absolute Gasteiger partial charge is 0.340 e. The molecule has 7 heteroatoms. The fourth-order valence-electron chi connectivity index (χ4n) is 8.10. The first-order valence-corrected chi connectivity index (χ1v) is 15.0. The summed E-state index contributed by atoms with van der Waals surface area (Å²) in [5, 5.41) is 3.35. The number of carbonyl (C=O) groups is 2. The van der Waals surface area contributed by atoms with Crippen molar-refractivity contribution in [1.82, 2.24) is 5.32 Å². The molecule has 0 bridgehead atoms. The van der Waals surface area contributed by atoms with Gasteiger partial charge in [0.1, 0.15) is 6.10 Å². The Bertz CT molecular complexity index is 1060. The van der Waals surface area contributed by atoms with E-state index >= 15 is 0 Å². The van der Waals surface area contributed by atoms with Gasteiger partial charge in [-0.2, -0.15) is 0 Å². The van der Waals surface area contributed by atoms with E-state index in [0.717, 1.165) is 50.6 Å². The normalized spacial score (nSPS) is 34.8. The molecule has 1 amide bonds. The van der Waals surface area contributed by atoms with Crippen LogP contribution in [0.4, 0.5) is 5.69 Å². The molecule has 1 saturated heterocycles. The van der Waals surface area contributed by atoms with E-state index in [1.54, 1.807) is 0 Å². The monoisotopic (exact) mass is 546 g/mol. The minimum Gasteiger partial charge on any atom is -0.458 e. The van der Waals surface area contributed by atoms with Crippen LogP contribution in [0.15, 0.2) is 35.9 Å². The van der Waals surface area contributed by atoms with E-state index in [-0.39, 0.29) is 28.9 Å². The summed E-state index contributed by atoms with van der Waals surface area (Å²) in [5.74, 6) is 2.68. The van der Waals surface area contributed by atoms with E-state index in [1.165, 1.54) is 5.57 Å². The number of ether oxygens (including phenoxy) is 1. The number of carbonyl (C=O) groups excluding carboxylic acids is 2. The zero-order valence-electron chi connectivity index (χ0n) is 22.1. The molecule has 0 radical (unpaired) electrons. The molecule has 0 unspecified atom stereocenters. The molecule has 0 aromatic heterocycles. The maximum atomic E-state index is 13.4. The molecule has 1 aliphatic heterocycles. The van der Waals surface area contributed by atoms with Crippen LogP contribution in [0.25, 0.3) is 0 Å². The van der Waals surface area contributed by atoms with E-state index < -0.39 is 0 Å². The number of esters is 1. The standard InChI is InChI=1S/C30H40Cl2N2O3/c1-29-13-11-21(37-28(36)23-5-3-4-6-26(23)34(17-15-31)18-16-32)19-20(29)7-8-22-24(29)12-14-30(2)25(22)9-10-27(35)33-30/h3-7,21-22,24-25H,8-19H2,1-2H3,(H,33,35)/t21-,22+,24-,25-,29-,30-/m0/s1. The topological polar surface area (TPSA) is 58.6 Å². The maximum Gasteiger partial charge on any atom is 0.340 e. The molecule has 1 aromatic carbocycles. The Morgan fingerprint density at radius 2 is 1.84 bits per heavy atom. The molecule has 37 heavy (non-hydrogen) atoms. The second-order valence-corrected chi connectivity index (χ2v) is 12.7. The third-order valence-corrected chi connectivity index (χ3v) is 10.3. The fraction of sp³-hybridized carbons (Fsp3) is 0.667. The van der Waals surface area contributed by atoms with E-state index in [4.69, 9.17) is 27.9 Å². The zero-order valence-corrected chi connectivity index (χ0v) is 23.6. The van der Waals surface area contributed by atoms with Crippen LogP contribution < -0.4 is 10.2 Å². The number of amides is 1. The molecule has 6 atom stereocenters. The highest BCUT2D eigenvalue weighted by molar-refractivity contribution is 6.18. The predicted octanol–water partition coefficient (Wildman–Crippen LogP) is 6.33. The highest BCUT2D eigenvalue weighted by Crippen LogP contribution is 2.60. The van der Waals surface area contributed by atoms with Gasteiger partial charge in [0.15, 0.2) is 0 Å². The number of hydrogen-bond donors (Lipinski definition) is 1. The van der Waals surface area contributed by atoms with Gasteiger partial charge in [0.2, 0.25) is 5.91 Å². The van der Waals surface area contributed by atoms with Crippen molar-refractivity contribution in [2.45, 2.75) is 76.9 Å². The Balaban J connectivity index is 1.30. The number of halogens is 2. The van der Waals surface area contributed by atoms with Crippen LogP contribution in [0.5, 0.6) is 0 Å². The number of nitrogens with one attached hydrogen (secondary N) is 1. The maximum absolute atomic E-state index is 13.4. The van der Waals surface area contributed by atoms with Gasteiger partial charge in [-0.05, 0) is 80.8 Å².